The summed E-state index contributed by atoms with van der Waals surface area (Å²) < 4.78 is 0. The smallest absolute Gasteiger partial charge is 0.240 e. The fraction of sp³-hybridized carbons (Fsp3) is 0.500. The minimum atomic E-state index is -0.661. The molecule has 1 aliphatic carbocycles. The molecule has 1 aliphatic rings. The maximum absolute atomic E-state index is 12.0. The van der Waals surface area contributed by atoms with E-state index in [1.807, 2.05) is 12.1 Å². The second-order valence-electron chi connectivity index (χ2n) is 5.15. The Labute approximate surface area is 135 Å². The molecule has 0 bridgehead atoms. The lowest BCUT2D eigenvalue weighted by Crippen LogP contribution is -2.52. The molecule has 0 aliphatic heterocycles. The first-order valence-electron chi connectivity index (χ1n) is 6.52. The third-order valence-electron chi connectivity index (χ3n) is 3.57. The number of rotatable bonds is 4. The maximum Gasteiger partial charge on any atom is 0.240 e. The number of hydrogen-bond acceptors (Lipinski definition) is 2. The Balaban J connectivity index is 0.00000200. The van der Waals surface area contributed by atoms with Gasteiger partial charge in [0.05, 0.1) is 5.54 Å². The van der Waals surface area contributed by atoms with Gasteiger partial charge in [-0.2, -0.15) is 0 Å². The summed E-state index contributed by atoms with van der Waals surface area (Å²) in [6, 6.07) is 5.40. The zero-order chi connectivity index (χ0) is 13.9. The highest BCUT2D eigenvalue weighted by Crippen LogP contribution is 2.27. The van der Waals surface area contributed by atoms with Crippen molar-refractivity contribution in [3.63, 3.8) is 0 Å². The van der Waals surface area contributed by atoms with E-state index in [1.165, 1.54) is 0 Å². The number of hydrogen-bond donors (Lipinski definition) is 2. The highest BCUT2D eigenvalue weighted by atomic mass is 35.5. The van der Waals surface area contributed by atoms with Gasteiger partial charge in [-0.25, -0.2) is 0 Å². The first kappa shape index (κ1) is 17.6. The van der Waals surface area contributed by atoms with Gasteiger partial charge in [0, 0.05) is 16.6 Å². The first-order chi connectivity index (χ1) is 8.99. The number of nitrogens with two attached hydrogens (primary N) is 1. The van der Waals surface area contributed by atoms with Crippen LogP contribution in [0.5, 0.6) is 0 Å². The van der Waals surface area contributed by atoms with Crippen LogP contribution in [-0.4, -0.2) is 18.0 Å². The molecular weight excluding hydrogens is 319 g/mol. The van der Waals surface area contributed by atoms with E-state index in [1.54, 1.807) is 6.07 Å². The minimum absolute atomic E-state index is 0. The minimum Gasteiger partial charge on any atom is -0.354 e. The second-order valence-corrected chi connectivity index (χ2v) is 6.02. The zero-order valence-electron chi connectivity index (χ0n) is 11.1. The highest BCUT2D eigenvalue weighted by Gasteiger charge is 2.36. The van der Waals surface area contributed by atoms with E-state index in [9.17, 15) is 4.79 Å². The molecule has 0 saturated heterocycles. The molecule has 3 nitrogen and oxygen atoms in total. The summed E-state index contributed by atoms with van der Waals surface area (Å²) in [5.41, 5.74) is 6.42. The Morgan fingerprint density at radius 2 is 1.75 bits per heavy atom. The molecule has 1 aromatic rings. The summed E-state index contributed by atoms with van der Waals surface area (Å²) >= 11 is 11.9. The standard InChI is InChI=1S/C14H18Cl2N2O.ClH/c15-11-7-10(8-12(16)9-11)3-6-18-13(19)14(17)4-1-2-5-14;/h7-9H,1-6,17H2,(H,18,19);1H. The van der Waals surface area contributed by atoms with Gasteiger partial charge >= 0.3 is 0 Å². The van der Waals surface area contributed by atoms with Gasteiger partial charge in [0.1, 0.15) is 0 Å². The number of amides is 1. The zero-order valence-corrected chi connectivity index (χ0v) is 13.5. The van der Waals surface area contributed by atoms with Crippen molar-refractivity contribution in [2.75, 3.05) is 6.54 Å². The normalized spacial score (nSPS) is 16.6. The summed E-state index contributed by atoms with van der Waals surface area (Å²) in [7, 11) is 0. The topological polar surface area (TPSA) is 55.1 Å². The third-order valence-corrected chi connectivity index (χ3v) is 4.01. The molecule has 0 radical (unpaired) electrons. The van der Waals surface area contributed by atoms with E-state index in [2.05, 4.69) is 5.32 Å². The maximum atomic E-state index is 12.0. The van der Waals surface area contributed by atoms with Crippen molar-refractivity contribution in [3.8, 4) is 0 Å². The molecule has 1 aromatic carbocycles. The van der Waals surface area contributed by atoms with Crippen molar-refractivity contribution in [3.05, 3.63) is 33.8 Å². The average molecular weight is 338 g/mol. The van der Waals surface area contributed by atoms with Crippen LogP contribution in [0.4, 0.5) is 0 Å². The van der Waals surface area contributed by atoms with Gasteiger partial charge < -0.3 is 11.1 Å². The molecule has 2 rings (SSSR count). The largest absolute Gasteiger partial charge is 0.354 e. The second kappa shape index (κ2) is 7.51. The molecule has 1 saturated carbocycles. The Bertz CT molecular complexity index is 453. The lowest BCUT2D eigenvalue weighted by atomic mass is 9.98. The van der Waals surface area contributed by atoms with Crippen molar-refractivity contribution >= 4 is 41.5 Å². The van der Waals surface area contributed by atoms with Crippen LogP contribution in [0.15, 0.2) is 18.2 Å². The molecule has 3 N–H and O–H groups in total. The van der Waals surface area contributed by atoms with Crippen LogP contribution in [0, 0.1) is 0 Å². The van der Waals surface area contributed by atoms with Crippen molar-refractivity contribution in [1.29, 1.82) is 0 Å². The molecule has 1 fully saturated rings. The summed E-state index contributed by atoms with van der Waals surface area (Å²) in [4.78, 5) is 12.0. The quantitative estimate of drug-likeness (QED) is 0.885. The molecule has 0 aromatic heterocycles. The Morgan fingerprint density at radius 3 is 2.30 bits per heavy atom. The van der Waals surface area contributed by atoms with Crippen molar-refractivity contribution in [2.45, 2.75) is 37.6 Å². The van der Waals surface area contributed by atoms with E-state index in [-0.39, 0.29) is 18.3 Å². The van der Waals surface area contributed by atoms with Gasteiger partial charge in [-0.1, -0.05) is 36.0 Å². The molecule has 0 unspecified atom stereocenters. The summed E-state index contributed by atoms with van der Waals surface area (Å²) in [5.74, 6) is -0.0434. The monoisotopic (exact) mass is 336 g/mol. The van der Waals surface area contributed by atoms with Crippen LogP contribution in [-0.2, 0) is 11.2 Å². The van der Waals surface area contributed by atoms with Gasteiger partial charge in [0.25, 0.3) is 0 Å². The summed E-state index contributed by atoms with van der Waals surface area (Å²) in [5, 5.41) is 4.12. The Kier molecular flexibility index (Phi) is 6.59. The number of halogens is 3. The van der Waals surface area contributed by atoms with E-state index in [4.69, 9.17) is 28.9 Å². The summed E-state index contributed by atoms with van der Waals surface area (Å²) in [6.45, 7) is 0.550. The molecule has 0 heterocycles. The van der Waals surface area contributed by atoms with Crippen LogP contribution < -0.4 is 11.1 Å². The first-order valence-corrected chi connectivity index (χ1v) is 7.27. The van der Waals surface area contributed by atoms with Gasteiger partial charge in [0.2, 0.25) is 5.91 Å². The molecule has 112 valence electrons. The predicted octanol–water partition coefficient (Wildman–Crippen LogP) is 3.35. The Hall–Kier alpha value is -0.480. The highest BCUT2D eigenvalue weighted by molar-refractivity contribution is 6.34. The number of benzene rings is 1. The van der Waals surface area contributed by atoms with Gasteiger partial charge in [-0.3, -0.25) is 4.79 Å². The predicted molar refractivity (Wildman–Crippen MR) is 85.8 cm³/mol. The number of carbonyl (C=O) groups excluding carboxylic acids is 1. The van der Waals surface area contributed by atoms with Crippen molar-refractivity contribution in [2.24, 2.45) is 5.73 Å². The Morgan fingerprint density at radius 1 is 1.20 bits per heavy atom. The van der Waals surface area contributed by atoms with E-state index >= 15 is 0 Å². The van der Waals surface area contributed by atoms with Crippen LogP contribution >= 0.6 is 35.6 Å². The molecule has 1 amide bonds. The van der Waals surface area contributed by atoms with Crippen molar-refractivity contribution < 1.29 is 4.79 Å². The lowest BCUT2D eigenvalue weighted by molar-refractivity contribution is -0.126. The van der Waals surface area contributed by atoms with Crippen molar-refractivity contribution in [1.82, 2.24) is 5.32 Å². The summed E-state index contributed by atoms with van der Waals surface area (Å²) in [6.07, 6.45) is 4.33. The van der Waals surface area contributed by atoms with Gasteiger partial charge in [0.15, 0.2) is 0 Å². The molecule has 20 heavy (non-hydrogen) atoms. The van der Waals surface area contributed by atoms with E-state index in [0.29, 0.717) is 23.0 Å². The third kappa shape index (κ3) is 4.52. The van der Waals surface area contributed by atoms with Crippen LogP contribution in [0.3, 0.4) is 0 Å². The van der Waals surface area contributed by atoms with Gasteiger partial charge in [-0.15, -0.1) is 12.4 Å². The fourth-order valence-electron chi connectivity index (χ4n) is 2.48. The fourth-order valence-corrected chi connectivity index (χ4v) is 3.06. The van der Waals surface area contributed by atoms with Gasteiger partial charge in [-0.05, 0) is 43.0 Å². The molecule has 6 heteroatoms. The van der Waals surface area contributed by atoms with E-state index < -0.39 is 5.54 Å². The molecule has 0 atom stereocenters. The van der Waals surface area contributed by atoms with E-state index in [0.717, 1.165) is 31.2 Å². The van der Waals surface area contributed by atoms with Crippen LogP contribution in [0.2, 0.25) is 10.0 Å². The SMILES string of the molecule is Cl.NC1(C(=O)NCCc2cc(Cl)cc(Cl)c2)CCCC1. The molecule has 0 spiro atoms. The molecular formula is C14H19Cl3N2O. The van der Waals surface area contributed by atoms with Crippen LogP contribution in [0.25, 0.3) is 0 Å². The van der Waals surface area contributed by atoms with Crippen LogP contribution in [0.1, 0.15) is 31.2 Å². The lowest BCUT2D eigenvalue weighted by Gasteiger charge is -2.22. The number of nitrogens with one attached hydrogen (secondary N) is 1. The number of carbonyl (C=O) groups is 1. The average Bonchev–Trinajstić information content (AvgIpc) is 2.76.